The molecule has 0 saturated carbocycles. The maximum Gasteiger partial charge on any atom is 0.0576 e. The van der Waals surface area contributed by atoms with E-state index in [0.717, 1.165) is 32.1 Å². The van der Waals surface area contributed by atoms with E-state index >= 15 is 0 Å². The van der Waals surface area contributed by atoms with Crippen LogP contribution in [0.3, 0.4) is 0 Å². The molecule has 2 aliphatic carbocycles. The second-order valence-corrected chi connectivity index (χ2v) is 18.7. The molecule has 9 aromatic carbocycles. The predicted octanol–water partition coefficient (Wildman–Crippen LogP) is 16.8. The number of aryl methyl sites for hydroxylation is 4. The number of nitrogens with zero attached hydrogens (tertiary/aromatic N) is 2. The molecule has 1 unspecified atom stereocenters. The lowest BCUT2D eigenvalue weighted by Crippen LogP contribution is -2.10. The quantitative estimate of drug-likeness (QED) is 0.158. The van der Waals surface area contributed by atoms with E-state index in [1.54, 1.807) is 0 Å². The zero-order valence-electron chi connectivity index (χ0n) is 37.8. The van der Waals surface area contributed by atoms with Crippen LogP contribution < -0.4 is 0 Å². The summed E-state index contributed by atoms with van der Waals surface area (Å²) < 4.78 is 5.22. The Kier molecular flexibility index (Phi) is 9.53. The summed E-state index contributed by atoms with van der Waals surface area (Å²) in [6, 6.07) is 72.8. The molecule has 2 heteroatoms. The zero-order chi connectivity index (χ0) is 44.4. The topological polar surface area (TPSA) is 9.86 Å². The summed E-state index contributed by atoms with van der Waals surface area (Å²) in [5.74, 6) is 0. The van der Waals surface area contributed by atoms with Gasteiger partial charge in [0.1, 0.15) is 0 Å². The first kappa shape index (κ1) is 39.4. The van der Waals surface area contributed by atoms with Gasteiger partial charge in [0.25, 0.3) is 0 Å². The Morgan fingerprint density at radius 1 is 0.403 bits per heavy atom. The zero-order valence-corrected chi connectivity index (χ0v) is 37.8. The largest absolute Gasteiger partial charge is 0.333 e. The van der Waals surface area contributed by atoms with E-state index in [9.17, 15) is 0 Å². The molecule has 0 spiro atoms. The van der Waals surface area contributed by atoms with Crippen LogP contribution in [0, 0.1) is 6.92 Å². The van der Waals surface area contributed by atoms with Crippen molar-refractivity contribution in [2.24, 2.45) is 0 Å². The SMILES string of the molecule is Cc1c2cc3c4cc(-c5cccc(-c6ccccc6)c5)ccc4n(-c4ccccc4)c3c1CCc1cc(c3c(c1)c1cc(-c4cccc(-c5ccccc5)c4)ccc1n3C1C=CC=CC1)CC2. The molecule has 1 atom stereocenters. The van der Waals surface area contributed by atoms with Gasteiger partial charge < -0.3 is 9.13 Å². The molecule has 0 N–H and O–H groups in total. The van der Waals surface area contributed by atoms with E-state index in [0.29, 0.717) is 0 Å². The Bertz CT molecular complexity index is 3770. The van der Waals surface area contributed by atoms with Crippen molar-refractivity contribution in [1.82, 2.24) is 9.13 Å². The van der Waals surface area contributed by atoms with Crippen LogP contribution in [0.4, 0.5) is 0 Å². The molecule has 0 amide bonds. The van der Waals surface area contributed by atoms with Gasteiger partial charge in [-0.05, 0) is 172 Å². The highest BCUT2D eigenvalue weighted by molar-refractivity contribution is 6.13. The Hall–Kier alpha value is -7.94. The van der Waals surface area contributed by atoms with Crippen LogP contribution in [-0.4, -0.2) is 9.13 Å². The first-order chi connectivity index (χ1) is 33.1. The molecule has 320 valence electrons. The number of para-hydroxylation sites is 1. The molecular formula is C65H50N2. The lowest BCUT2D eigenvalue weighted by atomic mass is 9.87. The highest BCUT2D eigenvalue weighted by Gasteiger charge is 2.25. The van der Waals surface area contributed by atoms with Gasteiger partial charge in [0.05, 0.1) is 22.6 Å². The molecule has 67 heavy (non-hydrogen) atoms. The van der Waals surface area contributed by atoms with Gasteiger partial charge in [-0.1, -0.05) is 158 Å². The van der Waals surface area contributed by atoms with E-state index < -0.39 is 0 Å². The van der Waals surface area contributed by atoms with Crippen molar-refractivity contribution in [3.05, 3.63) is 246 Å². The number of hydrogen-bond acceptors (Lipinski definition) is 0. The average Bonchev–Trinajstić information content (AvgIpc) is 3.90. The van der Waals surface area contributed by atoms with Crippen LogP contribution in [-0.2, 0) is 25.7 Å². The summed E-state index contributed by atoms with van der Waals surface area (Å²) in [7, 11) is 0. The van der Waals surface area contributed by atoms with E-state index in [1.165, 1.54) is 122 Å². The van der Waals surface area contributed by atoms with Gasteiger partial charge in [0, 0.05) is 32.7 Å². The van der Waals surface area contributed by atoms with Crippen molar-refractivity contribution < 1.29 is 0 Å². The monoisotopic (exact) mass is 858 g/mol. The third-order valence-corrected chi connectivity index (χ3v) is 14.8. The summed E-state index contributed by atoms with van der Waals surface area (Å²) in [5, 5.41) is 5.37. The van der Waals surface area contributed by atoms with E-state index in [1.807, 2.05) is 0 Å². The predicted molar refractivity (Wildman–Crippen MR) is 283 cm³/mol. The summed E-state index contributed by atoms with van der Waals surface area (Å²) in [6.07, 6.45) is 14.0. The van der Waals surface area contributed by atoms with E-state index in [4.69, 9.17) is 0 Å². The lowest BCUT2D eigenvalue weighted by molar-refractivity contribution is 0.645. The molecule has 2 nitrogen and oxygen atoms in total. The van der Waals surface area contributed by atoms with Crippen LogP contribution in [0.25, 0.3) is 93.8 Å². The van der Waals surface area contributed by atoms with Crippen LogP contribution in [0.2, 0.25) is 0 Å². The minimum absolute atomic E-state index is 0.256. The van der Waals surface area contributed by atoms with Crippen LogP contribution >= 0.6 is 0 Å². The van der Waals surface area contributed by atoms with Crippen LogP contribution in [0.5, 0.6) is 0 Å². The van der Waals surface area contributed by atoms with Gasteiger partial charge in [0.2, 0.25) is 0 Å². The Morgan fingerprint density at radius 2 is 0.955 bits per heavy atom. The molecule has 0 radical (unpaired) electrons. The molecule has 0 aliphatic heterocycles. The minimum atomic E-state index is 0.256. The number of allylic oxidation sites excluding steroid dienone is 4. The second-order valence-electron chi connectivity index (χ2n) is 18.7. The summed E-state index contributed by atoms with van der Waals surface area (Å²) >= 11 is 0. The Balaban J connectivity index is 0.976. The van der Waals surface area contributed by atoms with Crippen molar-refractivity contribution in [2.45, 2.75) is 45.1 Å². The van der Waals surface area contributed by atoms with Gasteiger partial charge in [-0.2, -0.15) is 0 Å². The molecule has 2 heterocycles. The third kappa shape index (κ3) is 6.78. The van der Waals surface area contributed by atoms with Crippen LogP contribution in [0.1, 0.15) is 40.3 Å². The highest BCUT2D eigenvalue weighted by atomic mass is 15.0. The second kappa shape index (κ2) is 16.2. The third-order valence-electron chi connectivity index (χ3n) is 14.8. The molecule has 4 bridgehead atoms. The maximum absolute atomic E-state index is 2.67. The van der Waals surface area contributed by atoms with Gasteiger partial charge in [-0.3, -0.25) is 0 Å². The minimum Gasteiger partial charge on any atom is -0.333 e. The normalized spacial score (nSPS) is 14.7. The number of benzene rings is 9. The number of fused-ring (bicyclic) bond motifs is 12. The first-order valence-corrected chi connectivity index (χ1v) is 24.0. The van der Waals surface area contributed by atoms with Crippen molar-refractivity contribution in [2.75, 3.05) is 0 Å². The first-order valence-electron chi connectivity index (χ1n) is 24.0. The van der Waals surface area contributed by atoms with Gasteiger partial charge in [-0.15, -0.1) is 0 Å². The molecule has 11 aromatic rings. The average molecular weight is 859 g/mol. The number of aromatic nitrogens is 2. The van der Waals surface area contributed by atoms with E-state index in [2.05, 4.69) is 234 Å². The number of rotatable bonds is 6. The molecule has 2 aliphatic rings. The van der Waals surface area contributed by atoms with Crippen LogP contribution in [0.15, 0.2) is 218 Å². The standard InChI is InChI=1S/C65H50N2/c1-43-47-29-30-54-36-44(37-60-58-41-52(50-22-14-20-48(38-50)45-16-6-2-7-17-45)31-34-62(58)66(64(54)60)55-24-10-4-11-25-55)28-33-57(43)65-61(40-47)59-42-53(32-35-63(59)67(65)56-26-12-5-13-27-56)51-23-15-21-49(39-51)46-18-8-3-9-19-46/h2-24,26-27,31-32,34-42,55H,25,28-30,33H2,1H3. The van der Waals surface area contributed by atoms with Gasteiger partial charge in [-0.25, -0.2) is 0 Å². The summed E-state index contributed by atoms with van der Waals surface area (Å²) in [6.45, 7) is 2.40. The Morgan fingerprint density at radius 3 is 1.60 bits per heavy atom. The molecule has 13 rings (SSSR count). The fourth-order valence-electron chi connectivity index (χ4n) is 11.5. The van der Waals surface area contributed by atoms with Gasteiger partial charge in [0.15, 0.2) is 0 Å². The molecular weight excluding hydrogens is 809 g/mol. The smallest absolute Gasteiger partial charge is 0.0576 e. The molecule has 0 fully saturated rings. The molecule has 0 saturated heterocycles. The highest BCUT2D eigenvalue weighted by Crippen LogP contribution is 2.43. The van der Waals surface area contributed by atoms with E-state index in [-0.39, 0.29) is 6.04 Å². The lowest BCUT2D eigenvalue weighted by Gasteiger charge is -2.22. The number of hydrogen-bond donors (Lipinski definition) is 0. The summed E-state index contributed by atoms with van der Waals surface area (Å²) in [5.41, 5.74) is 23.7. The van der Waals surface area contributed by atoms with Crippen molar-refractivity contribution in [1.29, 1.82) is 0 Å². The molecule has 2 aromatic heterocycles. The Labute approximate surface area is 392 Å². The van der Waals surface area contributed by atoms with Crippen molar-refractivity contribution in [3.63, 3.8) is 0 Å². The summed E-state index contributed by atoms with van der Waals surface area (Å²) in [4.78, 5) is 0. The maximum atomic E-state index is 2.67. The van der Waals surface area contributed by atoms with Gasteiger partial charge >= 0.3 is 0 Å². The van der Waals surface area contributed by atoms with Crippen molar-refractivity contribution in [3.8, 4) is 50.2 Å². The van der Waals surface area contributed by atoms with Crippen molar-refractivity contribution >= 4 is 43.6 Å². The fourth-order valence-corrected chi connectivity index (χ4v) is 11.5. The fraction of sp³-hybridized carbons (Fsp3) is 0.108.